The van der Waals surface area contributed by atoms with Gasteiger partial charge in [0.25, 0.3) is 5.56 Å². The van der Waals surface area contributed by atoms with E-state index in [-0.39, 0.29) is 18.4 Å². The van der Waals surface area contributed by atoms with Crippen molar-refractivity contribution in [2.45, 2.75) is 12.8 Å². The fourth-order valence-corrected chi connectivity index (χ4v) is 2.57. The molecule has 2 N–H and O–H groups in total. The highest BCUT2D eigenvalue weighted by Crippen LogP contribution is 2.23. The summed E-state index contributed by atoms with van der Waals surface area (Å²) in [5.41, 5.74) is 0.723. The highest BCUT2D eigenvalue weighted by Gasteiger charge is 2.09. The quantitative estimate of drug-likeness (QED) is 0.708. The minimum Gasteiger partial charge on any atom is -0.481 e. The van der Waals surface area contributed by atoms with Gasteiger partial charge in [0.1, 0.15) is 5.82 Å². The van der Waals surface area contributed by atoms with E-state index in [9.17, 15) is 9.59 Å². The summed E-state index contributed by atoms with van der Waals surface area (Å²) < 4.78 is 0.816. The van der Waals surface area contributed by atoms with Crippen molar-refractivity contribution in [3.8, 4) is 0 Å². The van der Waals surface area contributed by atoms with Crippen molar-refractivity contribution in [2.24, 2.45) is 0 Å². The molecule has 0 fully saturated rings. The predicted octanol–water partition coefficient (Wildman–Crippen LogP) is 2.25. The Hall–Kier alpha value is -2.28. The fourth-order valence-electron chi connectivity index (χ4n) is 2.10. The summed E-state index contributed by atoms with van der Waals surface area (Å²) in [5.74, 6) is -0.610. The molecule has 0 unspecified atom stereocenters. The zero-order valence-corrected chi connectivity index (χ0v) is 12.3. The Morgan fingerprint density at radius 3 is 2.90 bits per heavy atom. The van der Waals surface area contributed by atoms with Crippen LogP contribution in [-0.4, -0.2) is 26.0 Å². The minimum atomic E-state index is -0.938. The Bertz CT molecular complexity index is 920. The van der Waals surface area contributed by atoms with Gasteiger partial charge in [-0.2, -0.15) is 0 Å². The van der Waals surface area contributed by atoms with Crippen molar-refractivity contribution in [2.75, 3.05) is 0 Å². The predicted molar refractivity (Wildman–Crippen MR) is 81.3 cm³/mol. The first-order valence-corrected chi connectivity index (χ1v) is 7.04. The maximum atomic E-state index is 12.1. The number of aromatic nitrogens is 3. The smallest absolute Gasteiger partial charge is 0.303 e. The SMILES string of the molecule is O=C(O)CCc1nc2nc3c(Br)cccc3cc2c(=O)[nH]1. The van der Waals surface area contributed by atoms with Gasteiger partial charge in [-0.1, -0.05) is 12.1 Å². The summed E-state index contributed by atoms with van der Waals surface area (Å²) in [6.07, 6.45) is 0.0713. The Morgan fingerprint density at radius 2 is 2.14 bits per heavy atom. The monoisotopic (exact) mass is 347 g/mol. The van der Waals surface area contributed by atoms with Crippen LogP contribution in [-0.2, 0) is 11.2 Å². The molecule has 1 aromatic carbocycles. The second-order valence-corrected chi connectivity index (χ2v) is 5.43. The summed E-state index contributed by atoms with van der Waals surface area (Å²) >= 11 is 3.42. The zero-order chi connectivity index (χ0) is 15.0. The van der Waals surface area contributed by atoms with E-state index in [1.807, 2.05) is 18.2 Å². The number of aromatic amines is 1. The number of halogens is 1. The molecule has 3 aromatic rings. The number of carbonyl (C=O) groups is 1. The highest BCUT2D eigenvalue weighted by molar-refractivity contribution is 9.10. The summed E-state index contributed by atoms with van der Waals surface area (Å²) in [6.45, 7) is 0. The molecule has 0 radical (unpaired) electrons. The van der Waals surface area contributed by atoms with E-state index in [0.717, 1.165) is 9.86 Å². The number of carboxylic acid groups (broad SMARTS) is 1. The summed E-state index contributed by atoms with van der Waals surface area (Å²) in [6, 6.07) is 7.32. The Kier molecular flexibility index (Phi) is 3.42. The van der Waals surface area contributed by atoms with Crippen molar-refractivity contribution in [3.63, 3.8) is 0 Å². The third-order valence-corrected chi connectivity index (χ3v) is 3.74. The third-order valence-electron chi connectivity index (χ3n) is 3.10. The Morgan fingerprint density at radius 1 is 1.33 bits per heavy atom. The molecule has 0 spiro atoms. The van der Waals surface area contributed by atoms with Gasteiger partial charge in [-0.05, 0) is 28.1 Å². The van der Waals surface area contributed by atoms with E-state index in [1.54, 1.807) is 6.07 Å². The number of hydrogen-bond donors (Lipinski definition) is 2. The number of nitrogens with zero attached hydrogens (tertiary/aromatic N) is 2. The maximum absolute atomic E-state index is 12.1. The molecule has 0 bridgehead atoms. The molecule has 0 amide bonds. The molecule has 0 aliphatic heterocycles. The fraction of sp³-hybridized carbons (Fsp3) is 0.143. The van der Waals surface area contributed by atoms with Crippen LogP contribution in [0.15, 0.2) is 33.5 Å². The average Bonchev–Trinajstić information content (AvgIpc) is 2.44. The first kappa shape index (κ1) is 13.7. The molecule has 21 heavy (non-hydrogen) atoms. The topological polar surface area (TPSA) is 95.9 Å². The molecule has 2 aromatic heterocycles. The van der Waals surface area contributed by atoms with Crippen LogP contribution >= 0.6 is 15.9 Å². The lowest BCUT2D eigenvalue weighted by molar-refractivity contribution is -0.137. The number of aliphatic carboxylic acids is 1. The lowest BCUT2D eigenvalue weighted by Gasteiger charge is -2.04. The first-order chi connectivity index (χ1) is 10.0. The van der Waals surface area contributed by atoms with Gasteiger partial charge in [0.05, 0.1) is 17.3 Å². The van der Waals surface area contributed by atoms with E-state index in [4.69, 9.17) is 5.11 Å². The van der Waals surface area contributed by atoms with Crippen LogP contribution in [0.5, 0.6) is 0 Å². The van der Waals surface area contributed by atoms with Crippen molar-refractivity contribution in [3.05, 3.63) is 44.9 Å². The Labute approximate surface area is 127 Å². The molecule has 106 valence electrons. The molecular weight excluding hydrogens is 338 g/mol. The van der Waals surface area contributed by atoms with Gasteiger partial charge >= 0.3 is 5.97 Å². The first-order valence-electron chi connectivity index (χ1n) is 6.24. The summed E-state index contributed by atoms with van der Waals surface area (Å²) in [7, 11) is 0. The van der Waals surface area contributed by atoms with Crippen LogP contribution in [0.2, 0.25) is 0 Å². The second-order valence-electron chi connectivity index (χ2n) is 4.58. The largest absolute Gasteiger partial charge is 0.481 e. The normalized spacial score (nSPS) is 11.1. The van der Waals surface area contributed by atoms with Gasteiger partial charge in [0.15, 0.2) is 5.65 Å². The molecule has 2 heterocycles. The van der Waals surface area contributed by atoms with E-state index in [2.05, 4.69) is 30.9 Å². The van der Waals surface area contributed by atoms with E-state index >= 15 is 0 Å². The van der Waals surface area contributed by atoms with Gasteiger partial charge in [0, 0.05) is 16.3 Å². The molecular formula is C14H10BrN3O3. The minimum absolute atomic E-state index is 0.0915. The number of H-pyrrole nitrogens is 1. The number of pyridine rings is 1. The number of para-hydroxylation sites is 1. The maximum Gasteiger partial charge on any atom is 0.303 e. The zero-order valence-electron chi connectivity index (χ0n) is 10.8. The highest BCUT2D eigenvalue weighted by atomic mass is 79.9. The average molecular weight is 348 g/mol. The van der Waals surface area contributed by atoms with Gasteiger partial charge in [-0.25, -0.2) is 9.97 Å². The molecule has 0 atom stereocenters. The molecule has 0 aliphatic rings. The standard InChI is InChI=1S/C14H10BrN3O3/c15-9-3-1-2-7-6-8-13(18-12(7)9)16-10(17-14(8)21)4-5-11(19)20/h1-3,6H,4-5H2,(H,19,20)(H,16,17,18,21). The molecule has 6 nitrogen and oxygen atoms in total. The lowest BCUT2D eigenvalue weighted by Crippen LogP contribution is -2.13. The third kappa shape index (κ3) is 2.64. The van der Waals surface area contributed by atoms with Gasteiger partial charge in [-0.3, -0.25) is 9.59 Å². The van der Waals surface area contributed by atoms with E-state index < -0.39 is 5.97 Å². The summed E-state index contributed by atoms with van der Waals surface area (Å²) in [4.78, 5) is 33.9. The number of nitrogens with one attached hydrogen (secondary N) is 1. The van der Waals surface area contributed by atoms with Crippen LogP contribution < -0.4 is 5.56 Å². The van der Waals surface area contributed by atoms with Crippen LogP contribution in [0.3, 0.4) is 0 Å². The Balaban J connectivity index is 2.21. The van der Waals surface area contributed by atoms with Crippen molar-refractivity contribution < 1.29 is 9.90 Å². The second kappa shape index (κ2) is 5.25. The number of benzene rings is 1. The van der Waals surface area contributed by atoms with Crippen LogP contribution in [0.4, 0.5) is 0 Å². The van der Waals surface area contributed by atoms with Crippen LogP contribution in [0.1, 0.15) is 12.2 Å². The van der Waals surface area contributed by atoms with Crippen molar-refractivity contribution in [1.29, 1.82) is 0 Å². The number of carboxylic acids is 1. The number of aryl methyl sites for hydroxylation is 1. The molecule has 0 aliphatic carbocycles. The molecule has 3 rings (SSSR count). The summed E-state index contributed by atoms with van der Waals surface area (Å²) in [5, 5.41) is 9.92. The number of hydrogen-bond acceptors (Lipinski definition) is 4. The number of rotatable bonds is 3. The molecule has 0 saturated carbocycles. The van der Waals surface area contributed by atoms with Crippen molar-refractivity contribution in [1.82, 2.24) is 15.0 Å². The van der Waals surface area contributed by atoms with E-state index in [0.29, 0.717) is 22.4 Å². The van der Waals surface area contributed by atoms with Crippen LogP contribution in [0.25, 0.3) is 21.9 Å². The van der Waals surface area contributed by atoms with E-state index in [1.165, 1.54) is 0 Å². The van der Waals surface area contributed by atoms with Gasteiger partial charge < -0.3 is 10.1 Å². The van der Waals surface area contributed by atoms with Gasteiger partial charge in [-0.15, -0.1) is 0 Å². The number of fused-ring (bicyclic) bond motifs is 2. The molecule has 0 saturated heterocycles. The van der Waals surface area contributed by atoms with Gasteiger partial charge in [0.2, 0.25) is 0 Å². The van der Waals surface area contributed by atoms with Crippen LogP contribution in [0, 0.1) is 0 Å². The van der Waals surface area contributed by atoms with Crippen molar-refractivity contribution >= 4 is 43.8 Å². The molecule has 7 heteroatoms. The lowest BCUT2D eigenvalue weighted by atomic mass is 10.2.